The summed E-state index contributed by atoms with van der Waals surface area (Å²) in [6.07, 6.45) is -1.29. The van der Waals surface area contributed by atoms with Crippen molar-refractivity contribution in [3.8, 4) is 0 Å². The van der Waals surface area contributed by atoms with Crippen LogP contribution in [0.4, 0.5) is 0 Å². The number of ether oxygens (including phenoxy) is 4. The van der Waals surface area contributed by atoms with Gasteiger partial charge in [0, 0.05) is 24.9 Å². The van der Waals surface area contributed by atoms with Crippen molar-refractivity contribution in [3.63, 3.8) is 0 Å². The van der Waals surface area contributed by atoms with Crippen molar-refractivity contribution < 1.29 is 28.5 Å². The average molecular weight is 441 g/mol. The van der Waals surface area contributed by atoms with Crippen molar-refractivity contribution >= 4 is 35.5 Å². The van der Waals surface area contributed by atoms with Gasteiger partial charge in [0.1, 0.15) is 12.7 Å². The summed E-state index contributed by atoms with van der Waals surface area (Å²) >= 11 is 3.41. The smallest absolute Gasteiger partial charge is 0.338 e. The molecule has 6 nitrogen and oxygen atoms in total. The molecule has 8 heteroatoms. The highest BCUT2D eigenvalue weighted by Gasteiger charge is 2.39. The maximum absolute atomic E-state index is 12.7. The van der Waals surface area contributed by atoms with Crippen molar-refractivity contribution in [1.29, 1.82) is 0 Å². The van der Waals surface area contributed by atoms with Gasteiger partial charge in [0.25, 0.3) is 0 Å². The van der Waals surface area contributed by atoms with Crippen LogP contribution in [0.15, 0.2) is 42.7 Å². The summed E-state index contributed by atoms with van der Waals surface area (Å²) in [5.41, 5.74) is 0.460. The number of benzene rings is 1. The van der Waals surface area contributed by atoms with E-state index in [2.05, 4.69) is 6.58 Å². The molecule has 0 aliphatic carbocycles. The number of esters is 2. The summed E-state index contributed by atoms with van der Waals surface area (Å²) in [5.74, 6) is 1.56. The third-order valence-corrected chi connectivity index (χ3v) is 7.13. The Balaban J connectivity index is 2.22. The molecule has 0 saturated carbocycles. The molecule has 1 saturated heterocycles. The Hall–Kier alpha value is -1.64. The molecule has 0 amide bonds. The lowest BCUT2D eigenvalue weighted by molar-refractivity contribution is -0.190. The molecule has 1 heterocycles. The van der Waals surface area contributed by atoms with E-state index in [0.29, 0.717) is 17.7 Å². The fourth-order valence-corrected chi connectivity index (χ4v) is 5.71. The van der Waals surface area contributed by atoms with Crippen molar-refractivity contribution in [3.05, 3.63) is 48.2 Å². The van der Waals surface area contributed by atoms with E-state index in [1.165, 1.54) is 6.92 Å². The van der Waals surface area contributed by atoms with Crippen LogP contribution in [0, 0.1) is 0 Å². The minimum Gasteiger partial charge on any atom is -0.470 e. The molecule has 0 spiro atoms. The Bertz CT molecular complexity index is 675. The van der Waals surface area contributed by atoms with Crippen LogP contribution < -0.4 is 0 Å². The maximum Gasteiger partial charge on any atom is 0.338 e. The van der Waals surface area contributed by atoms with Crippen LogP contribution >= 0.6 is 23.5 Å². The lowest BCUT2D eigenvalue weighted by atomic mass is 10.2. The Labute approximate surface area is 180 Å². The van der Waals surface area contributed by atoms with Crippen LogP contribution in [0.2, 0.25) is 0 Å². The Kier molecular flexibility index (Phi) is 9.90. The zero-order valence-corrected chi connectivity index (χ0v) is 18.6. The van der Waals surface area contributed by atoms with Crippen LogP contribution in [0.25, 0.3) is 0 Å². The van der Waals surface area contributed by atoms with E-state index in [1.807, 2.05) is 13.0 Å². The summed E-state index contributed by atoms with van der Waals surface area (Å²) in [7, 11) is 0. The fraction of sp³-hybridized carbons (Fsp3) is 0.524. The SMILES string of the molecule is C=C(C)OC(CC)OC(COC(C)=O)C(OC(=O)c1ccccc1)C1SCCS1. The summed E-state index contributed by atoms with van der Waals surface area (Å²) in [6.45, 7) is 8.71. The molecule has 29 heavy (non-hydrogen) atoms. The van der Waals surface area contributed by atoms with Crippen molar-refractivity contribution in [2.75, 3.05) is 18.1 Å². The second kappa shape index (κ2) is 12.1. The van der Waals surface area contributed by atoms with Crippen LogP contribution in [-0.4, -0.2) is 53.1 Å². The third kappa shape index (κ3) is 7.95. The number of thioether (sulfide) groups is 2. The van der Waals surface area contributed by atoms with Crippen molar-refractivity contribution in [1.82, 2.24) is 0 Å². The van der Waals surface area contributed by atoms with Gasteiger partial charge in [0.05, 0.1) is 15.9 Å². The van der Waals surface area contributed by atoms with Gasteiger partial charge in [-0.15, -0.1) is 23.5 Å². The largest absolute Gasteiger partial charge is 0.470 e. The first kappa shape index (κ1) is 23.6. The number of hydrogen-bond donors (Lipinski definition) is 0. The lowest BCUT2D eigenvalue weighted by Crippen LogP contribution is -2.44. The van der Waals surface area contributed by atoms with Gasteiger partial charge in [0.15, 0.2) is 12.4 Å². The standard InChI is InChI=1S/C21H28O6S2/c1-5-18(25-14(2)3)26-17(13-24-15(4)22)19(21-28-11-12-29-21)27-20(23)16-9-7-6-8-10-16/h6-10,17-19,21H,2,5,11-13H2,1,3-4H3. The van der Waals surface area contributed by atoms with E-state index in [-0.39, 0.29) is 11.2 Å². The van der Waals surface area contributed by atoms with E-state index < -0.39 is 30.4 Å². The minimum absolute atomic E-state index is 0.0226. The second-order valence-electron chi connectivity index (χ2n) is 6.48. The molecule has 1 aromatic carbocycles. The molecule has 1 fully saturated rings. The zero-order valence-electron chi connectivity index (χ0n) is 17.0. The molecule has 2 rings (SSSR count). The molecule has 1 aliphatic heterocycles. The topological polar surface area (TPSA) is 71.1 Å². The van der Waals surface area contributed by atoms with Crippen molar-refractivity contribution in [2.24, 2.45) is 0 Å². The van der Waals surface area contributed by atoms with E-state index in [1.54, 1.807) is 54.7 Å². The highest BCUT2D eigenvalue weighted by Crippen LogP contribution is 2.38. The quantitative estimate of drug-likeness (QED) is 0.287. The van der Waals surface area contributed by atoms with Gasteiger partial charge >= 0.3 is 11.9 Å². The molecule has 0 aromatic heterocycles. The van der Waals surface area contributed by atoms with Gasteiger partial charge in [-0.2, -0.15) is 0 Å². The minimum atomic E-state index is -0.668. The van der Waals surface area contributed by atoms with Gasteiger partial charge in [-0.1, -0.05) is 31.7 Å². The Morgan fingerprint density at radius 3 is 2.34 bits per heavy atom. The molecule has 0 N–H and O–H groups in total. The Morgan fingerprint density at radius 1 is 1.14 bits per heavy atom. The highest BCUT2D eigenvalue weighted by molar-refractivity contribution is 8.20. The summed E-state index contributed by atoms with van der Waals surface area (Å²) in [4.78, 5) is 24.2. The number of allylic oxidation sites excluding steroid dienone is 1. The second-order valence-corrected chi connectivity index (χ2v) is 9.28. The monoisotopic (exact) mass is 440 g/mol. The molecule has 1 aromatic rings. The number of carbonyl (C=O) groups excluding carboxylic acids is 2. The van der Waals surface area contributed by atoms with Crippen LogP contribution in [0.3, 0.4) is 0 Å². The van der Waals surface area contributed by atoms with Crippen LogP contribution in [-0.2, 0) is 23.7 Å². The third-order valence-electron chi connectivity index (χ3n) is 3.98. The molecular formula is C21H28O6S2. The van der Waals surface area contributed by atoms with E-state index in [4.69, 9.17) is 18.9 Å². The predicted molar refractivity (Wildman–Crippen MR) is 116 cm³/mol. The van der Waals surface area contributed by atoms with Gasteiger partial charge in [-0.25, -0.2) is 4.79 Å². The zero-order chi connectivity index (χ0) is 21.2. The van der Waals surface area contributed by atoms with Gasteiger partial charge < -0.3 is 18.9 Å². The fourth-order valence-electron chi connectivity index (χ4n) is 2.68. The van der Waals surface area contributed by atoms with Crippen molar-refractivity contribution in [2.45, 2.75) is 50.3 Å². The van der Waals surface area contributed by atoms with Crippen LogP contribution in [0.1, 0.15) is 37.6 Å². The first-order chi connectivity index (χ1) is 13.9. The predicted octanol–water partition coefficient (Wildman–Crippen LogP) is 4.25. The molecule has 1 aliphatic rings. The first-order valence-corrected chi connectivity index (χ1v) is 11.6. The van der Waals surface area contributed by atoms with E-state index in [0.717, 1.165) is 11.5 Å². The number of rotatable bonds is 11. The Morgan fingerprint density at radius 2 is 1.79 bits per heavy atom. The number of carbonyl (C=O) groups is 2. The maximum atomic E-state index is 12.7. The highest BCUT2D eigenvalue weighted by atomic mass is 32.2. The van der Waals surface area contributed by atoms with Gasteiger partial charge in [-0.3, -0.25) is 4.79 Å². The molecule has 0 radical (unpaired) electrons. The summed E-state index contributed by atoms with van der Waals surface area (Å²) < 4.78 is 22.8. The van der Waals surface area contributed by atoms with Gasteiger partial charge in [-0.05, 0) is 19.1 Å². The van der Waals surface area contributed by atoms with Crippen LogP contribution in [0.5, 0.6) is 0 Å². The van der Waals surface area contributed by atoms with E-state index in [9.17, 15) is 9.59 Å². The summed E-state index contributed by atoms with van der Waals surface area (Å²) in [6, 6.07) is 8.81. The lowest BCUT2D eigenvalue weighted by Gasteiger charge is -2.32. The molecule has 160 valence electrons. The van der Waals surface area contributed by atoms with Gasteiger partial charge in [0.2, 0.25) is 0 Å². The summed E-state index contributed by atoms with van der Waals surface area (Å²) in [5, 5.41) is 0. The number of hydrogen-bond acceptors (Lipinski definition) is 8. The molecular weight excluding hydrogens is 412 g/mol. The molecule has 3 atom stereocenters. The first-order valence-electron chi connectivity index (χ1n) is 9.51. The van der Waals surface area contributed by atoms with E-state index >= 15 is 0 Å². The molecule has 0 bridgehead atoms. The normalized spacial score (nSPS) is 17.2. The molecule has 3 unspecified atom stereocenters. The average Bonchev–Trinajstić information content (AvgIpc) is 3.23.